The van der Waals surface area contributed by atoms with Crippen LogP contribution in [-0.2, 0) is 6.54 Å². The standard InChI is InChI=1S/C20H23FN4O/c21-17-8-6-16(7-9-17)14-23-19-11-10-18(24-25-19)20(26)22-13-12-15-4-2-1-3-5-15/h4,6-11H,1-3,5,12-14H2,(H,22,26)(H,23,25). The second kappa shape index (κ2) is 9.08. The van der Waals surface area contributed by atoms with Crippen LogP contribution in [0.5, 0.6) is 0 Å². The van der Waals surface area contributed by atoms with E-state index in [0.717, 1.165) is 24.8 Å². The first-order valence-electron chi connectivity index (χ1n) is 8.99. The fourth-order valence-corrected chi connectivity index (χ4v) is 2.90. The number of rotatable bonds is 7. The van der Waals surface area contributed by atoms with Gasteiger partial charge in [-0.2, -0.15) is 0 Å². The molecule has 5 nitrogen and oxygen atoms in total. The second-order valence-corrected chi connectivity index (χ2v) is 6.40. The largest absolute Gasteiger partial charge is 0.365 e. The lowest BCUT2D eigenvalue weighted by molar-refractivity contribution is 0.0948. The summed E-state index contributed by atoms with van der Waals surface area (Å²) in [6, 6.07) is 9.61. The Morgan fingerprint density at radius 3 is 2.62 bits per heavy atom. The zero-order chi connectivity index (χ0) is 18.2. The van der Waals surface area contributed by atoms with Crippen LogP contribution in [0, 0.1) is 5.82 Å². The highest BCUT2D eigenvalue weighted by Gasteiger charge is 2.09. The van der Waals surface area contributed by atoms with E-state index in [4.69, 9.17) is 0 Å². The highest BCUT2D eigenvalue weighted by atomic mass is 19.1. The summed E-state index contributed by atoms with van der Waals surface area (Å²) in [5.41, 5.74) is 2.67. The number of hydrogen-bond acceptors (Lipinski definition) is 4. The van der Waals surface area contributed by atoms with Gasteiger partial charge in [0.25, 0.3) is 5.91 Å². The van der Waals surface area contributed by atoms with Crippen LogP contribution in [0.2, 0.25) is 0 Å². The van der Waals surface area contributed by atoms with Crippen molar-refractivity contribution in [2.45, 2.75) is 38.6 Å². The molecule has 0 saturated carbocycles. The first-order chi connectivity index (χ1) is 12.7. The highest BCUT2D eigenvalue weighted by Crippen LogP contribution is 2.19. The third kappa shape index (κ3) is 5.37. The number of halogens is 1. The molecular weight excluding hydrogens is 331 g/mol. The van der Waals surface area contributed by atoms with Gasteiger partial charge in [-0.25, -0.2) is 4.39 Å². The number of benzene rings is 1. The quantitative estimate of drug-likeness (QED) is 0.741. The minimum absolute atomic E-state index is 0.209. The van der Waals surface area contributed by atoms with Crippen LogP contribution in [0.1, 0.15) is 48.2 Å². The molecule has 0 bridgehead atoms. The van der Waals surface area contributed by atoms with E-state index in [2.05, 4.69) is 26.9 Å². The topological polar surface area (TPSA) is 66.9 Å². The molecule has 3 rings (SSSR count). The van der Waals surface area contributed by atoms with Gasteiger partial charge in [0.2, 0.25) is 0 Å². The van der Waals surface area contributed by atoms with E-state index in [9.17, 15) is 9.18 Å². The first kappa shape index (κ1) is 18.0. The lowest BCUT2D eigenvalue weighted by Gasteiger charge is -2.12. The summed E-state index contributed by atoms with van der Waals surface area (Å²) < 4.78 is 12.9. The normalized spacial score (nSPS) is 13.8. The van der Waals surface area contributed by atoms with Gasteiger partial charge in [-0.3, -0.25) is 4.79 Å². The number of amides is 1. The molecule has 0 radical (unpaired) electrons. The Hall–Kier alpha value is -2.76. The van der Waals surface area contributed by atoms with Crippen molar-refractivity contribution in [2.24, 2.45) is 0 Å². The van der Waals surface area contributed by atoms with Crippen LogP contribution >= 0.6 is 0 Å². The van der Waals surface area contributed by atoms with Gasteiger partial charge in [0.1, 0.15) is 11.6 Å². The fourth-order valence-electron chi connectivity index (χ4n) is 2.90. The molecule has 136 valence electrons. The Bertz CT molecular complexity index is 756. The smallest absolute Gasteiger partial charge is 0.271 e. The lowest BCUT2D eigenvalue weighted by atomic mass is 9.97. The molecule has 0 atom stereocenters. The first-order valence-corrected chi connectivity index (χ1v) is 8.99. The van der Waals surface area contributed by atoms with Crippen molar-refractivity contribution in [3.63, 3.8) is 0 Å². The molecule has 2 aromatic rings. The number of aromatic nitrogens is 2. The van der Waals surface area contributed by atoms with Crippen LogP contribution in [-0.4, -0.2) is 22.6 Å². The minimum atomic E-state index is -0.260. The molecule has 6 heteroatoms. The molecular formula is C20H23FN4O. The Labute approximate surface area is 152 Å². The van der Waals surface area contributed by atoms with Gasteiger partial charge in [-0.15, -0.1) is 10.2 Å². The second-order valence-electron chi connectivity index (χ2n) is 6.40. The summed E-state index contributed by atoms with van der Waals surface area (Å²) in [6.45, 7) is 1.13. The summed E-state index contributed by atoms with van der Waals surface area (Å²) in [6.07, 6.45) is 8.00. The maximum absolute atomic E-state index is 12.9. The monoisotopic (exact) mass is 354 g/mol. The van der Waals surface area contributed by atoms with Crippen LogP contribution in [0.4, 0.5) is 10.2 Å². The van der Waals surface area contributed by atoms with Crippen molar-refractivity contribution in [1.82, 2.24) is 15.5 Å². The molecule has 0 spiro atoms. The average molecular weight is 354 g/mol. The van der Waals surface area contributed by atoms with Crippen molar-refractivity contribution in [3.8, 4) is 0 Å². The Balaban J connectivity index is 1.44. The molecule has 0 fully saturated rings. The molecule has 1 aromatic carbocycles. The third-order valence-electron chi connectivity index (χ3n) is 4.40. The lowest BCUT2D eigenvalue weighted by Crippen LogP contribution is -2.26. The molecule has 1 aromatic heterocycles. The zero-order valence-electron chi connectivity index (χ0n) is 14.7. The van der Waals surface area contributed by atoms with Gasteiger partial charge in [0.05, 0.1) is 0 Å². The van der Waals surface area contributed by atoms with Crippen molar-refractivity contribution in [3.05, 3.63) is 65.1 Å². The van der Waals surface area contributed by atoms with E-state index in [1.165, 1.54) is 30.5 Å². The molecule has 0 saturated heterocycles. The number of carbonyl (C=O) groups excluding carboxylic acids is 1. The summed E-state index contributed by atoms with van der Waals surface area (Å²) in [4.78, 5) is 12.1. The van der Waals surface area contributed by atoms with E-state index < -0.39 is 0 Å². The zero-order valence-corrected chi connectivity index (χ0v) is 14.7. The van der Waals surface area contributed by atoms with Crippen LogP contribution in [0.15, 0.2) is 48.0 Å². The molecule has 1 amide bonds. The predicted octanol–water partition coefficient (Wildman–Crippen LogP) is 3.85. The van der Waals surface area contributed by atoms with Crippen molar-refractivity contribution < 1.29 is 9.18 Å². The summed E-state index contributed by atoms with van der Waals surface area (Å²) in [5.74, 6) is 0.0981. The van der Waals surface area contributed by atoms with Crippen molar-refractivity contribution in [1.29, 1.82) is 0 Å². The molecule has 0 unspecified atom stereocenters. The van der Waals surface area contributed by atoms with Gasteiger partial charge in [-0.05, 0) is 61.9 Å². The number of carbonyl (C=O) groups is 1. The Morgan fingerprint density at radius 1 is 1.08 bits per heavy atom. The maximum atomic E-state index is 12.9. The molecule has 26 heavy (non-hydrogen) atoms. The van der Waals surface area contributed by atoms with Crippen LogP contribution in [0.3, 0.4) is 0 Å². The van der Waals surface area contributed by atoms with Crippen LogP contribution < -0.4 is 10.6 Å². The highest BCUT2D eigenvalue weighted by molar-refractivity contribution is 5.92. The number of hydrogen-bond donors (Lipinski definition) is 2. The van der Waals surface area contributed by atoms with Crippen molar-refractivity contribution >= 4 is 11.7 Å². The van der Waals surface area contributed by atoms with Gasteiger partial charge >= 0.3 is 0 Å². The van der Waals surface area contributed by atoms with E-state index in [0.29, 0.717) is 24.6 Å². The summed E-state index contributed by atoms with van der Waals surface area (Å²) in [7, 11) is 0. The SMILES string of the molecule is O=C(NCCC1=CCCCC1)c1ccc(NCc2ccc(F)cc2)nn1. The van der Waals surface area contributed by atoms with Crippen molar-refractivity contribution in [2.75, 3.05) is 11.9 Å². The molecule has 1 aliphatic carbocycles. The molecule has 1 heterocycles. The maximum Gasteiger partial charge on any atom is 0.271 e. The van der Waals surface area contributed by atoms with E-state index in [-0.39, 0.29) is 11.7 Å². The van der Waals surface area contributed by atoms with E-state index >= 15 is 0 Å². The van der Waals surface area contributed by atoms with Crippen LogP contribution in [0.25, 0.3) is 0 Å². The van der Waals surface area contributed by atoms with Gasteiger partial charge < -0.3 is 10.6 Å². The van der Waals surface area contributed by atoms with E-state index in [1.54, 1.807) is 24.3 Å². The number of nitrogens with one attached hydrogen (secondary N) is 2. The third-order valence-corrected chi connectivity index (χ3v) is 4.40. The predicted molar refractivity (Wildman–Crippen MR) is 99.3 cm³/mol. The average Bonchev–Trinajstić information content (AvgIpc) is 2.69. The molecule has 0 aliphatic heterocycles. The van der Waals surface area contributed by atoms with E-state index in [1.807, 2.05) is 0 Å². The summed E-state index contributed by atoms with van der Waals surface area (Å²) in [5, 5.41) is 14.0. The molecule has 1 aliphatic rings. The number of nitrogens with zero attached hydrogens (tertiary/aromatic N) is 2. The Kier molecular flexibility index (Phi) is 6.30. The summed E-state index contributed by atoms with van der Waals surface area (Å²) >= 11 is 0. The van der Waals surface area contributed by atoms with Gasteiger partial charge in [-0.1, -0.05) is 23.8 Å². The molecule has 2 N–H and O–H groups in total. The van der Waals surface area contributed by atoms with Gasteiger partial charge in [0, 0.05) is 13.1 Å². The minimum Gasteiger partial charge on any atom is -0.365 e. The van der Waals surface area contributed by atoms with Gasteiger partial charge in [0.15, 0.2) is 5.69 Å². The fraction of sp³-hybridized carbons (Fsp3) is 0.350. The number of allylic oxidation sites excluding steroid dienone is 1. The number of anilines is 1. The Morgan fingerprint density at radius 2 is 1.92 bits per heavy atom.